The molecule has 3 rings (SSSR count). The number of hydrogen-bond acceptors (Lipinski definition) is 4. The smallest absolute Gasteiger partial charge is 0.338 e. The summed E-state index contributed by atoms with van der Waals surface area (Å²) in [5, 5.41) is 2.80. The van der Waals surface area contributed by atoms with E-state index < -0.39 is 0 Å². The summed E-state index contributed by atoms with van der Waals surface area (Å²) >= 11 is 0. The second-order valence-electron chi connectivity index (χ2n) is 7.84. The molecule has 2 aromatic rings. The Kier molecular flexibility index (Phi) is 8.71. The fourth-order valence-electron chi connectivity index (χ4n) is 3.46. The number of amides is 1. The third-order valence-corrected chi connectivity index (χ3v) is 5.29. The van der Waals surface area contributed by atoms with Crippen molar-refractivity contribution in [2.24, 2.45) is 0 Å². The predicted molar refractivity (Wildman–Crippen MR) is 123 cm³/mol. The number of nitrogens with one attached hydrogen (secondary N) is 1. The van der Waals surface area contributed by atoms with Crippen LogP contribution in [-0.4, -0.2) is 24.6 Å². The largest absolute Gasteiger partial charge is 0.494 e. The number of unbranched alkanes of at least 4 members (excludes halogenated alkanes) is 1. The van der Waals surface area contributed by atoms with Crippen molar-refractivity contribution in [2.45, 2.75) is 58.0 Å². The van der Waals surface area contributed by atoms with Crippen LogP contribution in [0.25, 0.3) is 6.08 Å². The predicted octanol–water partition coefficient (Wildman–Crippen LogP) is 6.01. The molecular formula is C26H31NO4. The van der Waals surface area contributed by atoms with E-state index in [4.69, 9.17) is 9.47 Å². The summed E-state index contributed by atoms with van der Waals surface area (Å²) in [4.78, 5) is 24.5. The van der Waals surface area contributed by atoms with Gasteiger partial charge in [0, 0.05) is 11.8 Å². The highest BCUT2D eigenvalue weighted by Crippen LogP contribution is 2.22. The number of rotatable bonds is 9. The highest BCUT2D eigenvalue weighted by atomic mass is 16.5. The molecule has 0 bridgehead atoms. The first-order chi connectivity index (χ1) is 15.1. The molecule has 2 aromatic carbocycles. The molecule has 0 radical (unpaired) electrons. The molecule has 5 heteroatoms. The zero-order valence-corrected chi connectivity index (χ0v) is 18.1. The highest BCUT2D eigenvalue weighted by molar-refractivity contribution is 6.02. The maximum absolute atomic E-state index is 12.3. The summed E-state index contributed by atoms with van der Waals surface area (Å²) in [6, 6.07) is 14.4. The summed E-state index contributed by atoms with van der Waals surface area (Å²) in [5.74, 6) is 0.296. The highest BCUT2D eigenvalue weighted by Gasteiger charge is 2.18. The van der Waals surface area contributed by atoms with Crippen LogP contribution in [0.2, 0.25) is 0 Å². The standard InChI is InChI=1S/C26H31NO4/c1-2-3-19-30-23-16-9-20(10-17-23)11-18-25(28)27-22-14-12-21(13-15-22)26(29)31-24-7-5-4-6-8-24/h9-18,24H,2-8,19H2,1H3,(H,27,28)/b18-11+. The van der Waals surface area contributed by atoms with Gasteiger partial charge in [0.25, 0.3) is 0 Å². The van der Waals surface area contributed by atoms with E-state index in [0.29, 0.717) is 17.9 Å². The van der Waals surface area contributed by atoms with E-state index in [1.165, 1.54) is 12.5 Å². The summed E-state index contributed by atoms with van der Waals surface area (Å²) in [7, 11) is 0. The third-order valence-electron chi connectivity index (χ3n) is 5.29. The van der Waals surface area contributed by atoms with E-state index in [1.54, 1.807) is 30.3 Å². The summed E-state index contributed by atoms with van der Waals surface area (Å²) < 4.78 is 11.2. The van der Waals surface area contributed by atoms with Crippen LogP contribution in [0.5, 0.6) is 5.75 Å². The molecule has 1 saturated carbocycles. The maximum atomic E-state index is 12.3. The fourth-order valence-corrected chi connectivity index (χ4v) is 3.46. The van der Waals surface area contributed by atoms with Crippen LogP contribution in [-0.2, 0) is 9.53 Å². The van der Waals surface area contributed by atoms with Gasteiger partial charge in [0.2, 0.25) is 5.91 Å². The Bertz CT molecular complexity index is 865. The normalized spacial score (nSPS) is 14.4. The van der Waals surface area contributed by atoms with Gasteiger partial charge < -0.3 is 14.8 Å². The van der Waals surface area contributed by atoms with Gasteiger partial charge >= 0.3 is 5.97 Å². The molecule has 0 atom stereocenters. The first-order valence-corrected chi connectivity index (χ1v) is 11.2. The van der Waals surface area contributed by atoms with E-state index in [1.807, 2.05) is 24.3 Å². The first kappa shape index (κ1) is 22.6. The van der Waals surface area contributed by atoms with Crippen molar-refractivity contribution in [1.29, 1.82) is 0 Å². The van der Waals surface area contributed by atoms with Gasteiger partial charge in [0.05, 0.1) is 12.2 Å². The SMILES string of the molecule is CCCCOc1ccc(/C=C/C(=O)Nc2ccc(C(=O)OC3CCCCC3)cc2)cc1. The lowest BCUT2D eigenvalue weighted by molar-refractivity contribution is -0.111. The second-order valence-corrected chi connectivity index (χ2v) is 7.84. The number of carbonyl (C=O) groups excluding carboxylic acids is 2. The molecule has 164 valence electrons. The van der Waals surface area contributed by atoms with Crippen LogP contribution < -0.4 is 10.1 Å². The average molecular weight is 422 g/mol. The summed E-state index contributed by atoms with van der Waals surface area (Å²) in [6.07, 6.45) is 10.7. The molecule has 0 heterocycles. The van der Waals surface area contributed by atoms with Crippen molar-refractivity contribution >= 4 is 23.6 Å². The summed E-state index contributed by atoms with van der Waals surface area (Å²) in [6.45, 7) is 2.84. The number of ether oxygens (including phenoxy) is 2. The van der Waals surface area contributed by atoms with E-state index in [0.717, 1.165) is 49.8 Å². The number of esters is 1. The van der Waals surface area contributed by atoms with Crippen LogP contribution >= 0.6 is 0 Å². The van der Waals surface area contributed by atoms with Crippen LogP contribution in [0.15, 0.2) is 54.6 Å². The van der Waals surface area contributed by atoms with Gasteiger partial charge in [0.15, 0.2) is 0 Å². The molecule has 0 spiro atoms. The number of anilines is 1. The van der Waals surface area contributed by atoms with Gasteiger partial charge in [-0.2, -0.15) is 0 Å². The Morgan fingerprint density at radius 2 is 1.71 bits per heavy atom. The molecule has 5 nitrogen and oxygen atoms in total. The van der Waals surface area contributed by atoms with Gasteiger partial charge in [0.1, 0.15) is 11.9 Å². The van der Waals surface area contributed by atoms with Crippen molar-refractivity contribution in [2.75, 3.05) is 11.9 Å². The minimum atomic E-state index is -0.299. The Morgan fingerprint density at radius 1 is 1.00 bits per heavy atom. The second kappa shape index (κ2) is 11.9. The monoisotopic (exact) mass is 421 g/mol. The number of benzene rings is 2. The van der Waals surface area contributed by atoms with Crippen molar-refractivity contribution in [1.82, 2.24) is 0 Å². The van der Waals surface area contributed by atoms with E-state index in [2.05, 4.69) is 12.2 Å². The maximum Gasteiger partial charge on any atom is 0.338 e. The molecule has 1 N–H and O–H groups in total. The molecule has 0 saturated heterocycles. The average Bonchev–Trinajstić information content (AvgIpc) is 2.80. The molecule has 1 aliphatic rings. The van der Waals surface area contributed by atoms with Gasteiger partial charge in [-0.25, -0.2) is 4.79 Å². The van der Waals surface area contributed by atoms with Crippen LogP contribution in [0, 0.1) is 0 Å². The van der Waals surface area contributed by atoms with Crippen molar-refractivity contribution < 1.29 is 19.1 Å². The zero-order valence-electron chi connectivity index (χ0n) is 18.1. The van der Waals surface area contributed by atoms with Crippen molar-refractivity contribution in [3.63, 3.8) is 0 Å². The Morgan fingerprint density at radius 3 is 2.39 bits per heavy atom. The lowest BCUT2D eigenvalue weighted by atomic mass is 9.98. The molecule has 0 aromatic heterocycles. The fraction of sp³-hybridized carbons (Fsp3) is 0.385. The van der Waals surface area contributed by atoms with Crippen LogP contribution in [0.3, 0.4) is 0 Å². The van der Waals surface area contributed by atoms with Gasteiger partial charge in [-0.1, -0.05) is 31.9 Å². The minimum absolute atomic E-state index is 0.0303. The summed E-state index contributed by atoms with van der Waals surface area (Å²) in [5.41, 5.74) is 2.04. The molecule has 1 fully saturated rings. The topological polar surface area (TPSA) is 64.6 Å². The third kappa shape index (κ3) is 7.59. The Hall–Kier alpha value is -3.08. The number of carbonyl (C=O) groups is 2. The zero-order chi connectivity index (χ0) is 21.9. The molecule has 1 amide bonds. The molecular weight excluding hydrogens is 390 g/mol. The van der Waals surface area contributed by atoms with Crippen LogP contribution in [0.4, 0.5) is 5.69 Å². The van der Waals surface area contributed by atoms with Gasteiger partial charge in [-0.05, 0) is 80.1 Å². The van der Waals surface area contributed by atoms with Gasteiger partial charge in [-0.3, -0.25) is 4.79 Å². The molecule has 0 aliphatic heterocycles. The van der Waals surface area contributed by atoms with Crippen molar-refractivity contribution in [3.05, 3.63) is 65.7 Å². The Labute approximate surface area is 184 Å². The Balaban J connectivity index is 1.47. The van der Waals surface area contributed by atoms with Crippen molar-refractivity contribution in [3.8, 4) is 5.75 Å². The van der Waals surface area contributed by atoms with Gasteiger partial charge in [-0.15, -0.1) is 0 Å². The molecule has 31 heavy (non-hydrogen) atoms. The lowest BCUT2D eigenvalue weighted by Gasteiger charge is -2.21. The van der Waals surface area contributed by atoms with Crippen LogP contribution in [0.1, 0.15) is 67.8 Å². The van der Waals surface area contributed by atoms with E-state index >= 15 is 0 Å². The van der Waals surface area contributed by atoms with E-state index in [-0.39, 0.29) is 18.0 Å². The van der Waals surface area contributed by atoms with E-state index in [9.17, 15) is 9.59 Å². The number of hydrogen-bond donors (Lipinski definition) is 1. The molecule has 0 unspecified atom stereocenters. The minimum Gasteiger partial charge on any atom is -0.494 e. The molecule has 1 aliphatic carbocycles. The first-order valence-electron chi connectivity index (χ1n) is 11.2. The quantitative estimate of drug-likeness (QED) is 0.306. The lowest BCUT2D eigenvalue weighted by Crippen LogP contribution is -2.20.